The van der Waals surface area contributed by atoms with Gasteiger partial charge < -0.3 is 9.84 Å². The first-order valence-electron chi connectivity index (χ1n) is 5.39. The van der Waals surface area contributed by atoms with Gasteiger partial charge in [-0.25, -0.2) is 4.39 Å². The Balaban J connectivity index is 2.15. The predicted molar refractivity (Wildman–Crippen MR) is 62.6 cm³/mol. The van der Waals surface area contributed by atoms with Crippen LogP contribution in [0.5, 0.6) is 0 Å². The fraction of sp³-hybridized carbons (Fsp3) is 0.500. The molecule has 1 aromatic carbocycles. The lowest BCUT2D eigenvalue weighted by Crippen LogP contribution is -2.23. The normalized spacial score (nSPS) is 23.1. The van der Waals surface area contributed by atoms with Crippen molar-refractivity contribution in [3.63, 3.8) is 0 Å². The zero-order chi connectivity index (χ0) is 11.5. The van der Waals surface area contributed by atoms with E-state index in [-0.39, 0.29) is 11.7 Å². The number of halogens is 2. The lowest BCUT2D eigenvalue weighted by atomic mass is 9.91. The summed E-state index contributed by atoms with van der Waals surface area (Å²) in [5, 5.41) is 10.2. The Kier molecular flexibility index (Phi) is 3.95. The van der Waals surface area contributed by atoms with Gasteiger partial charge >= 0.3 is 0 Å². The second kappa shape index (κ2) is 5.25. The first-order valence-corrected chi connectivity index (χ1v) is 6.18. The molecule has 1 aromatic rings. The van der Waals surface area contributed by atoms with E-state index in [1.165, 1.54) is 12.1 Å². The molecule has 1 aliphatic heterocycles. The van der Waals surface area contributed by atoms with Gasteiger partial charge in [0.15, 0.2) is 0 Å². The molecule has 1 heterocycles. The minimum atomic E-state index is -0.588. The van der Waals surface area contributed by atoms with Crippen LogP contribution in [0.4, 0.5) is 4.39 Å². The lowest BCUT2D eigenvalue weighted by Gasteiger charge is -2.27. The van der Waals surface area contributed by atoms with Crippen LogP contribution in [-0.2, 0) is 4.74 Å². The molecule has 1 fully saturated rings. The average Bonchev–Trinajstić information content (AvgIpc) is 2.29. The Morgan fingerprint density at radius 2 is 2.31 bits per heavy atom. The van der Waals surface area contributed by atoms with Gasteiger partial charge in [0, 0.05) is 17.0 Å². The van der Waals surface area contributed by atoms with Crippen LogP contribution < -0.4 is 0 Å². The Bertz CT molecular complexity index is 364. The largest absolute Gasteiger partial charge is 0.388 e. The molecule has 1 aliphatic rings. The molecule has 2 rings (SSSR count). The van der Waals surface area contributed by atoms with Crippen molar-refractivity contribution in [2.75, 3.05) is 13.2 Å². The fourth-order valence-electron chi connectivity index (χ4n) is 2.01. The van der Waals surface area contributed by atoms with Crippen molar-refractivity contribution < 1.29 is 14.2 Å². The van der Waals surface area contributed by atoms with Crippen LogP contribution >= 0.6 is 15.9 Å². The quantitative estimate of drug-likeness (QED) is 0.906. The maximum atomic E-state index is 12.9. The summed E-state index contributed by atoms with van der Waals surface area (Å²) in [4.78, 5) is 0. The van der Waals surface area contributed by atoms with Gasteiger partial charge in [-0.2, -0.15) is 0 Å². The zero-order valence-electron chi connectivity index (χ0n) is 8.83. The second-order valence-corrected chi connectivity index (χ2v) is 4.94. The van der Waals surface area contributed by atoms with E-state index in [0.29, 0.717) is 11.1 Å². The Hall–Kier alpha value is -0.450. The van der Waals surface area contributed by atoms with E-state index in [1.807, 2.05) is 0 Å². The number of aliphatic hydroxyl groups is 1. The summed E-state index contributed by atoms with van der Waals surface area (Å²) in [5.74, 6) is -0.196. The van der Waals surface area contributed by atoms with Crippen molar-refractivity contribution in [2.45, 2.75) is 18.9 Å². The van der Waals surface area contributed by atoms with Crippen LogP contribution in [0.2, 0.25) is 0 Å². The van der Waals surface area contributed by atoms with Gasteiger partial charge in [-0.15, -0.1) is 0 Å². The van der Waals surface area contributed by atoms with Gasteiger partial charge in [0.1, 0.15) is 5.82 Å². The maximum absolute atomic E-state index is 12.9. The second-order valence-electron chi connectivity index (χ2n) is 4.09. The molecule has 2 atom stereocenters. The molecule has 0 amide bonds. The van der Waals surface area contributed by atoms with E-state index in [9.17, 15) is 9.50 Å². The summed E-state index contributed by atoms with van der Waals surface area (Å²) >= 11 is 3.27. The van der Waals surface area contributed by atoms with E-state index < -0.39 is 6.10 Å². The number of aliphatic hydroxyl groups excluding tert-OH is 1. The summed E-state index contributed by atoms with van der Waals surface area (Å²) in [6, 6.07) is 4.37. The van der Waals surface area contributed by atoms with Gasteiger partial charge in [0.2, 0.25) is 0 Å². The van der Waals surface area contributed by atoms with Crippen molar-refractivity contribution >= 4 is 15.9 Å². The topological polar surface area (TPSA) is 29.5 Å². The van der Waals surface area contributed by atoms with Crippen molar-refractivity contribution in [3.8, 4) is 0 Å². The van der Waals surface area contributed by atoms with Crippen molar-refractivity contribution in [1.29, 1.82) is 0 Å². The molecule has 0 radical (unpaired) electrons. The SMILES string of the molecule is OC(c1ccc(F)cc1Br)C1CCCOC1. The standard InChI is InChI=1S/C12H14BrFO2/c13-11-6-9(14)3-4-10(11)12(15)8-2-1-5-16-7-8/h3-4,6,8,12,15H,1-2,5,7H2. The smallest absolute Gasteiger partial charge is 0.124 e. The highest BCUT2D eigenvalue weighted by molar-refractivity contribution is 9.10. The molecule has 0 spiro atoms. The molecule has 88 valence electrons. The highest BCUT2D eigenvalue weighted by atomic mass is 79.9. The van der Waals surface area contributed by atoms with Gasteiger partial charge in [-0.1, -0.05) is 22.0 Å². The number of ether oxygens (including phenoxy) is 1. The molecule has 2 unspecified atom stereocenters. The first kappa shape index (κ1) is 12.0. The number of benzene rings is 1. The molecule has 1 saturated heterocycles. The zero-order valence-corrected chi connectivity index (χ0v) is 10.4. The Morgan fingerprint density at radius 3 is 2.94 bits per heavy atom. The number of hydrogen-bond donors (Lipinski definition) is 1. The number of rotatable bonds is 2. The van der Waals surface area contributed by atoms with E-state index in [4.69, 9.17) is 4.74 Å². The molecule has 0 bridgehead atoms. The van der Waals surface area contributed by atoms with Crippen molar-refractivity contribution in [2.24, 2.45) is 5.92 Å². The molecular formula is C12H14BrFO2. The molecule has 1 N–H and O–H groups in total. The van der Waals surface area contributed by atoms with Crippen LogP contribution in [0, 0.1) is 11.7 Å². The highest BCUT2D eigenvalue weighted by Crippen LogP contribution is 2.33. The third kappa shape index (κ3) is 2.62. The minimum Gasteiger partial charge on any atom is -0.388 e. The molecule has 0 saturated carbocycles. The van der Waals surface area contributed by atoms with Crippen LogP contribution in [-0.4, -0.2) is 18.3 Å². The van der Waals surface area contributed by atoms with Gasteiger partial charge in [-0.3, -0.25) is 0 Å². The van der Waals surface area contributed by atoms with Crippen LogP contribution in [0.25, 0.3) is 0 Å². The molecular weight excluding hydrogens is 275 g/mol. The Morgan fingerprint density at radius 1 is 1.50 bits per heavy atom. The van der Waals surface area contributed by atoms with Gasteiger partial charge in [-0.05, 0) is 30.5 Å². The summed E-state index contributed by atoms with van der Waals surface area (Å²) < 4.78 is 18.9. The summed E-state index contributed by atoms with van der Waals surface area (Å²) in [6.07, 6.45) is 1.33. The van der Waals surface area contributed by atoms with E-state index in [2.05, 4.69) is 15.9 Å². The van der Waals surface area contributed by atoms with Crippen molar-refractivity contribution in [3.05, 3.63) is 34.1 Å². The monoisotopic (exact) mass is 288 g/mol. The predicted octanol–water partition coefficient (Wildman–Crippen LogP) is 3.05. The molecule has 0 aliphatic carbocycles. The Labute approximate surface area is 103 Å². The van der Waals surface area contributed by atoms with Gasteiger partial charge in [0.25, 0.3) is 0 Å². The van der Waals surface area contributed by atoms with E-state index in [0.717, 1.165) is 25.0 Å². The first-order chi connectivity index (χ1) is 7.68. The maximum Gasteiger partial charge on any atom is 0.124 e. The molecule has 2 nitrogen and oxygen atoms in total. The lowest BCUT2D eigenvalue weighted by molar-refractivity contribution is -0.0102. The molecule has 16 heavy (non-hydrogen) atoms. The summed E-state index contributed by atoms with van der Waals surface area (Å²) in [7, 11) is 0. The van der Waals surface area contributed by atoms with E-state index >= 15 is 0 Å². The molecule has 0 aromatic heterocycles. The summed E-state index contributed by atoms with van der Waals surface area (Å²) in [5.41, 5.74) is 0.733. The van der Waals surface area contributed by atoms with Gasteiger partial charge in [0.05, 0.1) is 12.7 Å². The third-order valence-corrected chi connectivity index (χ3v) is 3.61. The third-order valence-electron chi connectivity index (χ3n) is 2.92. The highest BCUT2D eigenvalue weighted by Gasteiger charge is 2.25. The fourth-order valence-corrected chi connectivity index (χ4v) is 2.60. The summed E-state index contributed by atoms with van der Waals surface area (Å²) in [6.45, 7) is 1.35. The van der Waals surface area contributed by atoms with Crippen LogP contribution in [0.1, 0.15) is 24.5 Å². The molecule has 4 heteroatoms. The number of hydrogen-bond acceptors (Lipinski definition) is 2. The van der Waals surface area contributed by atoms with Crippen LogP contribution in [0.15, 0.2) is 22.7 Å². The van der Waals surface area contributed by atoms with Crippen LogP contribution in [0.3, 0.4) is 0 Å². The van der Waals surface area contributed by atoms with Crippen molar-refractivity contribution in [1.82, 2.24) is 0 Å². The van der Waals surface area contributed by atoms with E-state index in [1.54, 1.807) is 6.07 Å². The average molecular weight is 289 g/mol. The minimum absolute atomic E-state index is 0.107.